The SMILES string of the molecule is Cc1ccc(NC(=O)CN2CC(=O)Oc3cc(C)ccc32)nc1. The highest BCUT2D eigenvalue weighted by molar-refractivity contribution is 5.95. The summed E-state index contributed by atoms with van der Waals surface area (Å²) >= 11 is 0. The number of aromatic nitrogens is 1. The van der Waals surface area contributed by atoms with Gasteiger partial charge in [0, 0.05) is 6.20 Å². The lowest BCUT2D eigenvalue weighted by molar-refractivity contribution is -0.133. The molecule has 2 aromatic rings. The van der Waals surface area contributed by atoms with Gasteiger partial charge < -0.3 is 15.0 Å². The number of carbonyl (C=O) groups excluding carboxylic acids is 2. The highest BCUT2D eigenvalue weighted by atomic mass is 16.5. The van der Waals surface area contributed by atoms with E-state index < -0.39 is 0 Å². The van der Waals surface area contributed by atoms with Crippen molar-refractivity contribution in [3.63, 3.8) is 0 Å². The van der Waals surface area contributed by atoms with Gasteiger partial charge in [0.1, 0.15) is 12.4 Å². The van der Waals surface area contributed by atoms with Crippen LogP contribution in [0.25, 0.3) is 0 Å². The summed E-state index contributed by atoms with van der Waals surface area (Å²) < 4.78 is 5.23. The van der Waals surface area contributed by atoms with E-state index in [4.69, 9.17) is 4.74 Å². The third-order valence-corrected chi connectivity index (χ3v) is 3.51. The van der Waals surface area contributed by atoms with Gasteiger partial charge in [0.2, 0.25) is 5.91 Å². The van der Waals surface area contributed by atoms with Gasteiger partial charge in [-0.2, -0.15) is 0 Å². The monoisotopic (exact) mass is 311 g/mol. The number of esters is 1. The van der Waals surface area contributed by atoms with E-state index in [2.05, 4.69) is 10.3 Å². The molecule has 1 aliphatic rings. The lowest BCUT2D eigenvalue weighted by atomic mass is 10.1. The lowest BCUT2D eigenvalue weighted by Crippen LogP contribution is -2.41. The number of fused-ring (bicyclic) bond motifs is 1. The van der Waals surface area contributed by atoms with E-state index >= 15 is 0 Å². The minimum Gasteiger partial charge on any atom is -0.423 e. The lowest BCUT2D eigenvalue weighted by Gasteiger charge is -2.29. The molecule has 1 aromatic heterocycles. The van der Waals surface area contributed by atoms with Gasteiger partial charge in [-0.25, -0.2) is 9.78 Å². The van der Waals surface area contributed by atoms with Crippen molar-refractivity contribution >= 4 is 23.4 Å². The second kappa shape index (κ2) is 6.08. The van der Waals surface area contributed by atoms with Crippen molar-refractivity contribution in [2.24, 2.45) is 0 Å². The van der Waals surface area contributed by atoms with Gasteiger partial charge in [-0.3, -0.25) is 4.79 Å². The number of aryl methyl sites for hydroxylation is 2. The van der Waals surface area contributed by atoms with Crippen molar-refractivity contribution < 1.29 is 14.3 Å². The smallest absolute Gasteiger partial charge is 0.331 e. The molecule has 1 aromatic carbocycles. The van der Waals surface area contributed by atoms with E-state index in [1.54, 1.807) is 23.2 Å². The summed E-state index contributed by atoms with van der Waals surface area (Å²) in [6.07, 6.45) is 1.69. The molecule has 23 heavy (non-hydrogen) atoms. The Morgan fingerprint density at radius 2 is 2.04 bits per heavy atom. The number of hydrogen-bond donors (Lipinski definition) is 1. The first-order chi connectivity index (χ1) is 11.0. The van der Waals surface area contributed by atoms with Crippen molar-refractivity contribution in [1.82, 2.24) is 4.98 Å². The first-order valence-corrected chi connectivity index (χ1v) is 7.30. The summed E-state index contributed by atoms with van der Waals surface area (Å²) in [6.45, 7) is 3.95. The number of anilines is 2. The standard InChI is InChI=1S/C17H17N3O3/c1-11-3-5-13-14(7-11)23-17(22)10-20(13)9-16(21)19-15-6-4-12(2)8-18-15/h3-8H,9-10H2,1-2H3,(H,18,19,21). The zero-order valence-electron chi connectivity index (χ0n) is 13.0. The van der Waals surface area contributed by atoms with Gasteiger partial charge in [-0.05, 0) is 43.2 Å². The third kappa shape index (κ3) is 3.48. The van der Waals surface area contributed by atoms with Gasteiger partial charge in [0.25, 0.3) is 0 Å². The van der Waals surface area contributed by atoms with Gasteiger partial charge in [-0.1, -0.05) is 12.1 Å². The average Bonchev–Trinajstić information content (AvgIpc) is 2.49. The second-order valence-electron chi connectivity index (χ2n) is 5.57. The normalized spacial score (nSPS) is 13.3. The van der Waals surface area contributed by atoms with Gasteiger partial charge in [-0.15, -0.1) is 0 Å². The Labute approximate surface area is 134 Å². The Hall–Kier alpha value is -2.89. The molecule has 0 unspecified atom stereocenters. The van der Waals surface area contributed by atoms with Gasteiger partial charge in [0.05, 0.1) is 12.2 Å². The summed E-state index contributed by atoms with van der Waals surface area (Å²) in [5.41, 5.74) is 2.75. The number of benzene rings is 1. The number of rotatable bonds is 3. The topological polar surface area (TPSA) is 71.5 Å². The Morgan fingerprint density at radius 3 is 2.78 bits per heavy atom. The Balaban J connectivity index is 1.73. The van der Waals surface area contributed by atoms with Gasteiger partial charge in [0.15, 0.2) is 5.75 Å². The van der Waals surface area contributed by atoms with E-state index in [0.717, 1.165) is 16.8 Å². The molecule has 0 radical (unpaired) electrons. The largest absolute Gasteiger partial charge is 0.423 e. The minimum atomic E-state index is -0.371. The fraction of sp³-hybridized carbons (Fsp3) is 0.235. The zero-order chi connectivity index (χ0) is 16.4. The molecule has 0 atom stereocenters. The van der Waals surface area contributed by atoms with Crippen LogP contribution in [0.15, 0.2) is 36.5 Å². The van der Waals surface area contributed by atoms with Crippen LogP contribution in [0.2, 0.25) is 0 Å². The van der Waals surface area contributed by atoms with Crippen molar-refractivity contribution in [1.29, 1.82) is 0 Å². The molecular weight excluding hydrogens is 294 g/mol. The summed E-state index contributed by atoms with van der Waals surface area (Å²) in [4.78, 5) is 29.8. The molecule has 3 rings (SSSR count). The molecule has 0 fully saturated rings. The van der Waals surface area contributed by atoms with Gasteiger partial charge >= 0.3 is 5.97 Å². The Morgan fingerprint density at radius 1 is 1.26 bits per heavy atom. The van der Waals surface area contributed by atoms with Crippen LogP contribution in [0.1, 0.15) is 11.1 Å². The van der Waals surface area contributed by atoms with Crippen LogP contribution in [0.3, 0.4) is 0 Å². The number of pyridine rings is 1. The molecule has 0 saturated carbocycles. The van der Waals surface area contributed by atoms with E-state index in [1.807, 2.05) is 32.0 Å². The quantitative estimate of drug-likeness (QED) is 0.694. The molecule has 0 saturated heterocycles. The maximum atomic E-state index is 12.2. The highest BCUT2D eigenvalue weighted by Gasteiger charge is 2.25. The first kappa shape index (κ1) is 15.0. The van der Waals surface area contributed by atoms with Crippen LogP contribution in [0, 0.1) is 13.8 Å². The molecule has 1 aliphatic heterocycles. The molecule has 0 bridgehead atoms. The van der Waals surface area contributed by atoms with Crippen LogP contribution in [-0.2, 0) is 9.59 Å². The summed E-state index contributed by atoms with van der Waals surface area (Å²) in [5.74, 6) is 0.374. The van der Waals surface area contributed by atoms with Crippen molar-refractivity contribution in [2.45, 2.75) is 13.8 Å². The average molecular weight is 311 g/mol. The zero-order valence-corrected chi connectivity index (χ0v) is 13.0. The van der Waals surface area contributed by atoms with E-state index in [0.29, 0.717) is 11.6 Å². The summed E-state index contributed by atoms with van der Waals surface area (Å²) in [7, 11) is 0. The molecule has 6 nitrogen and oxygen atoms in total. The third-order valence-electron chi connectivity index (χ3n) is 3.51. The fourth-order valence-electron chi connectivity index (χ4n) is 2.40. The fourth-order valence-corrected chi connectivity index (χ4v) is 2.40. The summed E-state index contributed by atoms with van der Waals surface area (Å²) in [5, 5.41) is 2.73. The van der Waals surface area contributed by atoms with Crippen LogP contribution in [-0.4, -0.2) is 29.9 Å². The molecule has 0 aliphatic carbocycles. The molecule has 6 heteroatoms. The van der Waals surface area contributed by atoms with Crippen LogP contribution in [0.5, 0.6) is 5.75 Å². The number of ether oxygens (including phenoxy) is 1. The number of hydrogen-bond acceptors (Lipinski definition) is 5. The first-order valence-electron chi connectivity index (χ1n) is 7.30. The van der Waals surface area contributed by atoms with E-state index in [-0.39, 0.29) is 25.0 Å². The number of nitrogens with one attached hydrogen (secondary N) is 1. The molecule has 1 amide bonds. The minimum absolute atomic E-state index is 0.0464. The second-order valence-corrected chi connectivity index (χ2v) is 5.57. The maximum absolute atomic E-state index is 12.2. The van der Waals surface area contributed by atoms with Crippen LogP contribution >= 0.6 is 0 Å². The molecule has 2 heterocycles. The van der Waals surface area contributed by atoms with E-state index in [9.17, 15) is 9.59 Å². The molecule has 118 valence electrons. The van der Waals surface area contributed by atoms with Crippen LogP contribution in [0.4, 0.5) is 11.5 Å². The number of nitrogens with zero attached hydrogens (tertiary/aromatic N) is 2. The van der Waals surface area contributed by atoms with E-state index in [1.165, 1.54) is 0 Å². The molecule has 1 N–H and O–H groups in total. The predicted molar refractivity (Wildman–Crippen MR) is 86.6 cm³/mol. The predicted octanol–water partition coefficient (Wildman–Crippen LogP) is 2.06. The van der Waals surface area contributed by atoms with Crippen molar-refractivity contribution in [2.75, 3.05) is 23.3 Å². The molecule has 0 spiro atoms. The maximum Gasteiger partial charge on any atom is 0.331 e. The summed E-state index contributed by atoms with van der Waals surface area (Å²) in [6, 6.07) is 9.19. The van der Waals surface area contributed by atoms with Crippen LogP contribution < -0.4 is 15.0 Å². The Kier molecular flexibility index (Phi) is 3.97. The van der Waals surface area contributed by atoms with Crippen molar-refractivity contribution in [3.8, 4) is 5.75 Å². The molecular formula is C17H17N3O3. The number of carbonyl (C=O) groups is 2. The highest BCUT2D eigenvalue weighted by Crippen LogP contribution is 2.32. The van der Waals surface area contributed by atoms with Crippen molar-refractivity contribution in [3.05, 3.63) is 47.7 Å². The number of amides is 1. The Bertz CT molecular complexity index is 756.